The number of carbonyl (C=O) groups is 1. The molecule has 6 heteroatoms. The van der Waals surface area contributed by atoms with Crippen LogP contribution in [0.15, 0.2) is 47.3 Å². The lowest BCUT2D eigenvalue weighted by molar-refractivity contribution is 0.0575. The number of likely N-dealkylation sites (tertiary alicyclic amines) is 1. The monoisotopic (exact) mass is 340 g/mol. The Morgan fingerprint density at radius 1 is 1.24 bits per heavy atom. The minimum absolute atomic E-state index is 0.0255. The first kappa shape index (κ1) is 17.4. The molecule has 6 nitrogen and oxygen atoms in total. The quantitative estimate of drug-likeness (QED) is 0.917. The van der Waals surface area contributed by atoms with E-state index in [2.05, 4.69) is 5.10 Å². The van der Waals surface area contributed by atoms with Crippen LogP contribution in [0.1, 0.15) is 42.2 Å². The van der Waals surface area contributed by atoms with E-state index in [4.69, 9.17) is 5.73 Å². The standard InChI is InChI=1S/C19H24N4O2/c1-14(20)17-9-5-6-12-22(17)19(25)16-10-11-18(24)23(21-16)13-15-7-3-2-4-8-15/h2-4,7-8,10-11,14,17H,5-6,9,12-13,20H2,1H3. The molecule has 1 aliphatic rings. The number of benzene rings is 1. The van der Waals surface area contributed by atoms with Gasteiger partial charge in [0.05, 0.1) is 6.54 Å². The summed E-state index contributed by atoms with van der Waals surface area (Å²) in [5.74, 6) is -0.149. The normalized spacial score (nSPS) is 18.8. The van der Waals surface area contributed by atoms with Crippen molar-refractivity contribution in [3.63, 3.8) is 0 Å². The third kappa shape index (κ3) is 3.96. The number of piperidine rings is 1. The largest absolute Gasteiger partial charge is 0.333 e. The predicted molar refractivity (Wildman–Crippen MR) is 96.4 cm³/mol. The second kappa shape index (κ2) is 7.61. The molecular formula is C19H24N4O2. The molecule has 2 heterocycles. The van der Waals surface area contributed by atoms with Crippen LogP contribution in [0.4, 0.5) is 0 Å². The zero-order chi connectivity index (χ0) is 17.8. The average molecular weight is 340 g/mol. The Kier molecular flexibility index (Phi) is 5.28. The number of hydrogen-bond donors (Lipinski definition) is 1. The van der Waals surface area contributed by atoms with E-state index < -0.39 is 0 Å². The van der Waals surface area contributed by atoms with Gasteiger partial charge in [0.15, 0.2) is 0 Å². The van der Waals surface area contributed by atoms with Gasteiger partial charge < -0.3 is 10.6 Å². The van der Waals surface area contributed by atoms with Gasteiger partial charge in [-0.25, -0.2) is 4.68 Å². The maximum Gasteiger partial charge on any atom is 0.274 e. The summed E-state index contributed by atoms with van der Waals surface area (Å²) in [6.45, 7) is 2.96. The number of rotatable bonds is 4. The Labute approximate surface area is 147 Å². The summed E-state index contributed by atoms with van der Waals surface area (Å²) >= 11 is 0. The first-order valence-electron chi connectivity index (χ1n) is 8.75. The first-order valence-corrected chi connectivity index (χ1v) is 8.75. The van der Waals surface area contributed by atoms with E-state index in [0.717, 1.165) is 24.8 Å². The zero-order valence-corrected chi connectivity index (χ0v) is 14.5. The summed E-state index contributed by atoms with van der Waals surface area (Å²) in [5, 5.41) is 4.31. The third-order valence-electron chi connectivity index (χ3n) is 4.68. The Hall–Kier alpha value is -2.47. The predicted octanol–water partition coefficient (Wildman–Crippen LogP) is 1.63. The molecule has 25 heavy (non-hydrogen) atoms. The smallest absolute Gasteiger partial charge is 0.274 e. The molecule has 0 saturated carbocycles. The molecule has 0 aliphatic carbocycles. The molecule has 1 aliphatic heterocycles. The first-order chi connectivity index (χ1) is 12.1. The maximum absolute atomic E-state index is 12.9. The number of amides is 1. The van der Waals surface area contributed by atoms with Gasteiger partial charge in [-0.3, -0.25) is 9.59 Å². The van der Waals surface area contributed by atoms with E-state index in [0.29, 0.717) is 18.8 Å². The van der Waals surface area contributed by atoms with E-state index in [9.17, 15) is 9.59 Å². The molecule has 0 radical (unpaired) electrons. The summed E-state index contributed by atoms with van der Waals surface area (Å²) in [6, 6.07) is 12.5. The molecule has 132 valence electrons. The van der Waals surface area contributed by atoms with Crippen molar-refractivity contribution < 1.29 is 4.79 Å². The Morgan fingerprint density at radius 2 is 2.00 bits per heavy atom. The molecule has 1 aromatic carbocycles. The topological polar surface area (TPSA) is 81.2 Å². The van der Waals surface area contributed by atoms with Gasteiger partial charge in [-0.1, -0.05) is 30.3 Å². The van der Waals surface area contributed by atoms with Crippen molar-refractivity contribution in [3.8, 4) is 0 Å². The van der Waals surface area contributed by atoms with Crippen molar-refractivity contribution in [2.45, 2.75) is 44.8 Å². The van der Waals surface area contributed by atoms with Gasteiger partial charge in [-0.15, -0.1) is 0 Å². The van der Waals surface area contributed by atoms with Gasteiger partial charge in [-0.05, 0) is 37.8 Å². The number of nitrogens with two attached hydrogens (primary N) is 1. The maximum atomic E-state index is 12.9. The van der Waals surface area contributed by atoms with Crippen molar-refractivity contribution >= 4 is 5.91 Å². The van der Waals surface area contributed by atoms with Crippen LogP contribution in [0.25, 0.3) is 0 Å². The van der Waals surface area contributed by atoms with Crippen molar-refractivity contribution in [1.29, 1.82) is 0 Å². The summed E-state index contributed by atoms with van der Waals surface area (Å²) in [6.07, 6.45) is 2.96. The summed E-state index contributed by atoms with van der Waals surface area (Å²) < 4.78 is 1.34. The molecular weight excluding hydrogens is 316 g/mol. The molecule has 1 aromatic heterocycles. The fourth-order valence-corrected chi connectivity index (χ4v) is 3.34. The number of nitrogens with zero attached hydrogens (tertiary/aromatic N) is 3. The SMILES string of the molecule is CC(N)C1CCCCN1C(=O)c1ccc(=O)n(Cc2ccccc2)n1. The lowest BCUT2D eigenvalue weighted by Crippen LogP contribution is -2.52. The van der Waals surface area contributed by atoms with Crippen LogP contribution >= 0.6 is 0 Å². The lowest BCUT2D eigenvalue weighted by Gasteiger charge is -2.37. The summed E-state index contributed by atoms with van der Waals surface area (Å²) in [7, 11) is 0. The molecule has 1 fully saturated rings. The third-order valence-corrected chi connectivity index (χ3v) is 4.68. The summed E-state index contributed by atoms with van der Waals surface area (Å²) in [5.41, 5.74) is 7.10. The van der Waals surface area contributed by atoms with Crippen LogP contribution in [0.2, 0.25) is 0 Å². The molecule has 2 unspecified atom stereocenters. The molecule has 1 saturated heterocycles. The second-order valence-electron chi connectivity index (χ2n) is 6.62. The number of hydrogen-bond acceptors (Lipinski definition) is 4. The van der Waals surface area contributed by atoms with E-state index in [1.54, 1.807) is 0 Å². The number of aromatic nitrogens is 2. The highest BCUT2D eigenvalue weighted by atomic mass is 16.2. The van der Waals surface area contributed by atoms with Crippen LogP contribution in [-0.4, -0.2) is 39.2 Å². The van der Waals surface area contributed by atoms with Crippen LogP contribution < -0.4 is 11.3 Å². The fraction of sp³-hybridized carbons (Fsp3) is 0.421. The van der Waals surface area contributed by atoms with Crippen LogP contribution in [0, 0.1) is 0 Å². The fourth-order valence-electron chi connectivity index (χ4n) is 3.34. The lowest BCUT2D eigenvalue weighted by atomic mass is 9.96. The van der Waals surface area contributed by atoms with Crippen molar-refractivity contribution in [2.24, 2.45) is 5.73 Å². The molecule has 0 bridgehead atoms. The van der Waals surface area contributed by atoms with Crippen molar-refractivity contribution in [3.05, 3.63) is 64.1 Å². The average Bonchev–Trinajstić information content (AvgIpc) is 2.64. The van der Waals surface area contributed by atoms with Crippen molar-refractivity contribution in [2.75, 3.05) is 6.54 Å². The highest BCUT2D eigenvalue weighted by Crippen LogP contribution is 2.20. The minimum atomic E-state index is -0.220. The molecule has 2 atom stereocenters. The van der Waals surface area contributed by atoms with E-state index in [1.807, 2.05) is 42.2 Å². The van der Waals surface area contributed by atoms with E-state index in [-0.39, 0.29) is 23.6 Å². The highest BCUT2D eigenvalue weighted by Gasteiger charge is 2.30. The number of carbonyl (C=O) groups excluding carboxylic acids is 1. The molecule has 1 amide bonds. The van der Waals surface area contributed by atoms with Gasteiger partial charge >= 0.3 is 0 Å². The van der Waals surface area contributed by atoms with E-state index >= 15 is 0 Å². The Bertz CT molecular complexity index is 786. The highest BCUT2D eigenvalue weighted by molar-refractivity contribution is 5.92. The molecule has 0 spiro atoms. The second-order valence-corrected chi connectivity index (χ2v) is 6.62. The van der Waals surface area contributed by atoms with Crippen molar-refractivity contribution in [1.82, 2.24) is 14.7 Å². The Balaban J connectivity index is 1.85. The van der Waals surface area contributed by atoms with Gasteiger partial charge in [0.25, 0.3) is 11.5 Å². The van der Waals surface area contributed by atoms with Gasteiger partial charge in [0.2, 0.25) is 0 Å². The molecule has 2 aromatic rings. The van der Waals surface area contributed by atoms with Gasteiger partial charge in [0, 0.05) is 24.7 Å². The van der Waals surface area contributed by atoms with Crippen LogP contribution in [0.5, 0.6) is 0 Å². The molecule has 2 N–H and O–H groups in total. The minimum Gasteiger partial charge on any atom is -0.333 e. The van der Waals surface area contributed by atoms with Gasteiger partial charge in [0.1, 0.15) is 5.69 Å². The Morgan fingerprint density at radius 3 is 2.72 bits per heavy atom. The molecule has 3 rings (SSSR count). The zero-order valence-electron chi connectivity index (χ0n) is 14.5. The van der Waals surface area contributed by atoms with Crippen LogP contribution in [0.3, 0.4) is 0 Å². The van der Waals surface area contributed by atoms with Crippen LogP contribution in [-0.2, 0) is 6.54 Å². The van der Waals surface area contributed by atoms with Gasteiger partial charge in [-0.2, -0.15) is 5.10 Å². The summed E-state index contributed by atoms with van der Waals surface area (Å²) in [4.78, 5) is 26.8. The van der Waals surface area contributed by atoms with E-state index in [1.165, 1.54) is 16.8 Å².